The molecule has 5 heteroatoms. The van der Waals surface area contributed by atoms with Gasteiger partial charge in [0.1, 0.15) is 0 Å². The van der Waals surface area contributed by atoms with Crippen molar-refractivity contribution in [2.75, 3.05) is 39.3 Å². The summed E-state index contributed by atoms with van der Waals surface area (Å²) in [6, 6.07) is 0.0691. The number of likely N-dealkylation sites (tertiary alicyclic amines) is 1. The average molecular weight is 271 g/mol. The van der Waals surface area contributed by atoms with E-state index >= 15 is 0 Å². The molecule has 2 unspecified atom stereocenters. The minimum Gasteiger partial charge on any atom is -0.395 e. The Labute approximate surface area is 117 Å². The molecule has 1 saturated heterocycles. The van der Waals surface area contributed by atoms with Gasteiger partial charge < -0.3 is 20.2 Å². The zero-order valence-corrected chi connectivity index (χ0v) is 12.6. The predicted molar refractivity (Wildman–Crippen MR) is 77.2 cm³/mol. The standard InChI is InChI=1S/C14H29N3O2/c1-4-17(8-9-18)14(19)15-13(3)11-16-7-5-6-12(2)10-16/h12-13,18H,4-11H2,1-3H3,(H,15,19). The maximum absolute atomic E-state index is 12.0. The Balaban J connectivity index is 2.33. The number of nitrogens with zero attached hydrogens (tertiary/aromatic N) is 2. The average Bonchev–Trinajstić information content (AvgIpc) is 2.35. The number of urea groups is 1. The molecule has 0 aromatic heterocycles. The van der Waals surface area contributed by atoms with Crippen molar-refractivity contribution in [3.05, 3.63) is 0 Å². The lowest BCUT2D eigenvalue weighted by Gasteiger charge is -2.33. The summed E-state index contributed by atoms with van der Waals surface area (Å²) in [5.74, 6) is 0.762. The molecule has 0 bridgehead atoms. The van der Waals surface area contributed by atoms with E-state index in [-0.39, 0.29) is 18.7 Å². The highest BCUT2D eigenvalue weighted by molar-refractivity contribution is 5.74. The maximum Gasteiger partial charge on any atom is 0.317 e. The molecule has 0 aromatic carbocycles. The van der Waals surface area contributed by atoms with Crippen LogP contribution in [0.4, 0.5) is 4.79 Å². The number of rotatable bonds is 6. The number of likely N-dealkylation sites (N-methyl/N-ethyl adjacent to an activating group) is 1. The molecule has 19 heavy (non-hydrogen) atoms. The molecule has 0 saturated carbocycles. The van der Waals surface area contributed by atoms with E-state index in [2.05, 4.69) is 17.1 Å². The van der Waals surface area contributed by atoms with Crippen LogP contribution in [0.3, 0.4) is 0 Å². The molecular weight excluding hydrogens is 242 g/mol. The van der Waals surface area contributed by atoms with Crippen LogP contribution in [0.25, 0.3) is 0 Å². The second-order valence-electron chi connectivity index (χ2n) is 5.66. The van der Waals surface area contributed by atoms with Gasteiger partial charge in [0.15, 0.2) is 0 Å². The molecule has 0 aliphatic carbocycles. The zero-order valence-electron chi connectivity index (χ0n) is 12.6. The number of hydrogen-bond donors (Lipinski definition) is 2. The smallest absolute Gasteiger partial charge is 0.317 e. The zero-order chi connectivity index (χ0) is 14.3. The van der Waals surface area contributed by atoms with E-state index in [4.69, 9.17) is 5.11 Å². The van der Waals surface area contributed by atoms with Gasteiger partial charge >= 0.3 is 6.03 Å². The van der Waals surface area contributed by atoms with Crippen molar-refractivity contribution in [3.63, 3.8) is 0 Å². The fraction of sp³-hybridized carbons (Fsp3) is 0.929. The lowest BCUT2D eigenvalue weighted by Crippen LogP contribution is -2.49. The Bertz CT molecular complexity index is 273. The van der Waals surface area contributed by atoms with Crippen LogP contribution in [0.2, 0.25) is 0 Å². The molecule has 2 atom stereocenters. The van der Waals surface area contributed by atoms with Crippen molar-refractivity contribution in [2.45, 2.75) is 39.7 Å². The highest BCUT2D eigenvalue weighted by Crippen LogP contribution is 2.15. The van der Waals surface area contributed by atoms with Crippen LogP contribution < -0.4 is 5.32 Å². The van der Waals surface area contributed by atoms with Crippen molar-refractivity contribution >= 4 is 6.03 Å². The Hall–Kier alpha value is -0.810. The van der Waals surface area contributed by atoms with Gasteiger partial charge in [-0.25, -0.2) is 4.79 Å². The number of aliphatic hydroxyl groups excluding tert-OH is 1. The van der Waals surface area contributed by atoms with E-state index in [0.717, 1.165) is 25.6 Å². The Morgan fingerprint density at radius 1 is 1.58 bits per heavy atom. The van der Waals surface area contributed by atoms with Gasteiger partial charge in [-0.3, -0.25) is 0 Å². The fourth-order valence-electron chi connectivity index (χ4n) is 2.71. The number of aliphatic hydroxyl groups is 1. The molecule has 0 spiro atoms. The molecule has 1 rings (SSSR count). The third-order valence-corrected chi connectivity index (χ3v) is 3.68. The number of hydrogen-bond acceptors (Lipinski definition) is 3. The molecule has 112 valence electrons. The molecule has 1 aliphatic rings. The van der Waals surface area contributed by atoms with Gasteiger partial charge in [-0.15, -0.1) is 0 Å². The van der Waals surface area contributed by atoms with Gasteiger partial charge in [0.2, 0.25) is 0 Å². The molecule has 2 N–H and O–H groups in total. The molecule has 0 aromatic rings. The largest absolute Gasteiger partial charge is 0.395 e. The lowest BCUT2D eigenvalue weighted by atomic mass is 10.00. The summed E-state index contributed by atoms with van der Waals surface area (Å²) < 4.78 is 0. The first-order chi connectivity index (χ1) is 9.06. The van der Waals surface area contributed by atoms with Crippen molar-refractivity contribution in [1.82, 2.24) is 15.1 Å². The first-order valence-electron chi connectivity index (χ1n) is 7.45. The van der Waals surface area contributed by atoms with E-state index in [1.807, 2.05) is 13.8 Å². The van der Waals surface area contributed by atoms with E-state index in [9.17, 15) is 4.79 Å². The van der Waals surface area contributed by atoms with Gasteiger partial charge in [0.05, 0.1) is 6.61 Å². The van der Waals surface area contributed by atoms with Crippen LogP contribution in [0.1, 0.15) is 33.6 Å². The van der Waals surface area contributed by atoms with Gasteiger partial charge in [0, 0.05) is 32.2 Å². The van der Waals surface area contributed by atoms with Crippen LogP contribution in [0.5, 0.6) is 0 Å². The van der Waals surface area contributed by atoms with E-state index < -0.39 is 0 Å². The lowest BCUT2D eigenvalue weighted by molar-refractivity contribution is 0.157. The summed E-state index contributed by atoms with van der Waals surface area (Å²) in [6.45, 7) is 10.5. The van der Waals surface area contributed by atoms with Crippen molar-refractivity contribution in [2.24, 2.45) is 5.92 Å². The van der Waals surface area contributed by atoms with Gasteiger partial charge in [-0.1, -0.05) is 6.92 Å². The Kier molecular flexibility index (Phi) is 7.16. The van der Waals surface area contributed by atoms with E-state index in [1.165, 1.54) is 12.8 Å². The normalized spacial score (nSPS) is 22.0. The summed E-state index contributed by atoms with van der Waals surface area (Å²) in [5.41, 5.74) is 0. The van der Waals surface area contributed by atoms with Crippen LogP contribution in [-0.2, 0) is 0 Å². The second-order valence-corrected chi connectivity index (χ2v) is 5.66. The molecule has 2 amide bonds. The van der Waals surface area contributed by atoms with Crippen molar-refractivity contribution in [1.29, 1.82) is 0 Å². The quantitative estimate of drug-likeness (QED) is 0.761. The molecule has 5 nitrogen and oxygen atoms in total. The summed E-state index contributed by atoms with van der Waals surface area (Å²) in [5, 5.41) is 11.9. The molecule has 1 heterocycles. The van der Waals surface area contributed by atoms with Crippen LogP contribution >= 0.6 is 0 Å². The molecule has 0 radical (unpaired) electrons. The minimum absolute atomic E-state index is 0.0132. The number of piperidine rings is 1. The number of carbonyl (C=O) groups excluding carboxylic acids is 1. The summed E-state index contributed by atoms with van der Waals surface area (Å²) in [4.78, 5) is 16.0. The summed E-state index contributed by atoms with van der Waals surface area (Å²) in [6.07, 6.45) is 2.57. The monoisotopic (exact) mass is 271 g/mol. The van der Waals surface area contributed by atoms with Crippen LogP contribution in [-0.4, -0.2) is 66.3 Å². The summed E-state index contributed by atoms with van der Waals surface area (Å²) in [7, 11) is 0. The number of carbonyl (C=O) groups is 1. The third-order valence-electron chi connectivity index (χ3n) is 3.68. The van der Waals surface area contributed by atoms with Gasteiger partial charge in [-0.05, 0) is 39.2 Å². The number of nitrogens with one attached hydrogen (secondary N) is 1. The Morgan fingerprint density at radius 2 is 2.32 bits per heavy atom. The highest BCUT2D eigenvalue weighted by Gasteiger charge is 2.20. The minimum atomic E-state index is -0.0749. The third kappa shape index (κ3) is 5.78. The van der Waals surface area contributed by atoms with Gasteiger partial charge in [-0.2, -0.15) is 0 Å². The summed E-state index contributed by atoms with van der Waals surface area (Å²) >= 11 is 0. The van der Waals surface area contributed by atoms with Crippen molar-refractivity contribution in [3.8, 4) is 0 Å². The molecular formula is C14H29N3O2. The molecule has 1 fully saturated rings. The SMILES string of the molecule is CCN(CCO)C(=O)NC(C)CN1CCCC(C)C1. The highest BCUT2D eigenvalue weighted by atomic mass is 16.3. The van der Waals surface area contributed by atoms with Crippen molar-refractivity contribution < 1.29 is 9.90 Å². The maximum atomic E-state index is 12.0. The first kappa shape index (κ1) is 16.2. The van der Waals surface area contributed by atoms with E-state index in [1.54, 1.807) is 4.90 Å². The second kappa shape index (κ2) is 8.38. The Morgan fingerprint density at radius 3 is 2.89 bits per heavy atom. The number of amides is 2. The predicted octanol–water partition coefficient (Wildman–Crippen LogP) is 1.13. The molecule has 1 aliphatic heterocycles. The van der Waals surface area contributed by atoms with E-state index in [0.29, 0.717) is 13.1 Å². The fourth-order valence-corrected chi connectivity index (χ4v) is 2.71. The van der Waals surface area contributed by atoms with Crippen LogP contribution in [0.15, 0.2) is 0 Å². The van der Waals surface area contributed by atoms with Crippen LogP contribution in [0, 0.1) is 5.92 Å². The van der Waals surface area contributed by atoms with Gasteiger partial charge in [0.25, 0.3) is 0 Å². The first-order valence-corrected chi connectivity index (χ1v) is 7.45. The topological polar surface area (TPSA) is 55.8 Å².